The minimum Gasteiger partial charge on any atom is -0.480 e. The quantitative estimate of drug-likeness (QED) is 0.799. The molecular formula is C15H19NO5S. The van der Waals surface area contributed by atoms with E-state index in [-0.39, 0.29) is 30.3 Å². The molecule has 2 N–H and O–H groups in total. The van der Waals surface area contributed by atoms with Crippen LogP contribution in [0.15, 0.2) is 30.3 Å². The summed E-state index contributed by atoms with van der Waals surface area (Å²) in [6.45, 7) is 0. The van der Waals surface area contributed by atoms with Crippen molar-refractivity contribution in [1.29, 1.82) is 0 Å². The Bertz CT molecular complexity index is 641. The Morgan fingerprint density at radius 3 is 2.50 bits per heavy atom. The predicted octanol–water partition coefficient (Wildman–Crippen LogP) is 0.623. The Labute approximate surface area is 129 Å². The third kappa shape index (κ3) is 4.84. The molecule has 2 rings (SSSR count). The number of rotatable bonds is 6. The molecule has 0 unspecified atom stereocenters. The van der Waals surface area contributed by atoms with E-state index in [0.29, 0.717) is 6.42 Å². The van der Waals surface area contributed by atoms with Crippen LogP contribution in [0, 0.1) is 5.92 Å². The highest BCUT2D eigenvalue weighted by Crippen LogP contribution is 2.21. The number of carbonyl (C=O) groups excluding carboxylic acids is 1. The molecule has 0 aliphatic carbocycles. The van der Waals surface area contributed by atoms with Gasteiger partial charge in [-0.15, -0.1) is 0 Å². The van der Waals surface area contributed by atoms with Gasteiger partial charge in [-0.05, 0) is 17.9 Å². The molecular weight excluding hydrogens is 306 g/mol. The maximum atomic E-state index is 11.9. The molecule has 0 spiro atoms. The summed E-state index contributed by atoms with van der Waals surface area (Å²) in [5.41, 5.74) is 0.818. The van der Waals surface area contributed by atoms with E-state index in [9.17, 15) is 23.1 Å². The molecule has 22 heavy (non-hydrogen) atoms. The van der Waals surface area contributed by atoms with Gasteiger partial charge in [-0.25, -0.2) is 13.2 Å². The molecule has 0 radical (unpaired) electrons. The van der Waals surface area contributed by atoms with Gasteiger partial charge in [0.15, 0.2) is 9.84 Å². The molecule has 7 heteroatoms. The van der Waals surface area contributed by atoms with E-state index < -0.39 is 27.8 Å². The number of carboxylic acid groups (broad SMARTS) is 1. The lowest BCUT2D eigenvalue weighted by Crippen LogP contribution is -2.42. The van der Waals surface area contributed by atoms with Crippen LogP contribution in [-0.2, 0) is 25.8 Å². The highest BCUT2D eigenvalue weighted by atomic mass is 32.2. The molecule has 1 aliphatic rings. The highest BCUT2D eigenvalue weighted by Gasteiger charge is 2.30. The molecule has 1 aromatic carbocycles. The largest absolute Gasteiger partial charge is 0.480 e. The monoisotopic (exact) mass is 325 g/mol. The van der Waals surface area contributed by atoms with E-state index in [4.69, 9.17) is 0 Å². The van der Waals surface area contributed by atoms with Crippen molar-refractivity contribution in [2.45, 2.75) is 25.3 Å². The predicted molar refractivity (Wildman–Crippen MR) is 81.1 cm³/mol. The zero-order valence-corrected chi connectivity index (χ0v) is 12.9. The van der Waals surface area contributed by atoms with Gasteiger partial charge in [0.2, 0.25) is 5.91 Å². The normalized spacial score (nSPS) is 21.2. The zero-order chi connectivity index (χ0) is 16.2. The molecule has 1 fully saturated rings. The van der Waals surface area contributed by atoms with Crippen LogP contribution in [0.4, 0.5) is 0 Å². The van der Waals surface area contributed by atoms with E-state index >= 15 is 0 Å². The van der Waals surface area contributed by atoms with Gasteiger partial charge in [0.05, 0.1) is 11.5 Å². The molecule has 1 aliphatic heterocycles. The summed E-state index contributed by atoms with van der Waals surface area (Å²) in [6.07, 6.45) is 0.717. The standard InChI is InChI=1S/C15H19NO5S/c17-14(9-12-6-7-22(20,21)10-12)16-13(15(18)19)8-11-4-2-1-3-5-11/h1-5,12-13H,6-10H2,(H,16,17)(H,18,19)/t12-,13+/m1/s1. The maximum Gasteiger partial charge on any atom is 0.326 e. The fraction of sp³-hybridized carbons (Fsp3) is 0.467. The number of hydrogen-bond donors (Lipinski definition) is 2. The first kappa shape index (κ1) is 16.5. The van der Waals surface area contributed by atoms with Crippen LogP contribution >= 0.6 is 0 Å². The molecule has 6 nitrogen and oxygen atoms in total. The number of aliphatic carboxylic acids is 1. The lowest BCUT2D eigenvalue weighted by Gasteiger charge is -2.16. The fourth-order valence-electron chi connectivity index (χ4n) is 2.60. The first-order chi connectivity index (χ1) is 10.4. The molecule has 120 valence electrons. The van der Waals surface area contributed by atoms with Gasteiger partial charge in [0.1, 0.15) is 6.04 Å². The minimum atomic E-state index is -3.03. The maximum absolute atomic E-state index is 11.9. The molecule has 1 heterocycles. The number of carboxylic acids is 1. The number of amides is 1. The molecule has 0 bridgehead atoms. The van der Waals surface area contributed by atoms with E-state index in [1.54, 1.807) is 24.3 Å². The minimum absolute atomic E-state index is 0.0108. The second-order valence-electron chi connectivity index (χ2n) is 5.62. The van der Waals surface area contributed by atoms with E-state index in [1.165, 1.54) is 0 Å². The van der Waals surface area contributed by atoms with Crippen molar-refractivity contribution in [2.24, 2.45) is 5.92 Å². The van der Waals surface area contributed by atoms with Crippen molar-refractivity contribution in [2.75, 3.05) is 11.5 Å². The van der Waals surface area contributed by atoms with Gasteiger partial charge in [-0.3, -0.25) is 4.79 Å². The van der Waals surface area contributed by atoms with Crippen molar-refractivity contribution in [1.82, 2.24) is 5.32 Å². The van der Waals surface area contributed by atoms with E-state index in [0.717, 1.165) is 5.56 Å². The number of hydrogen-bond acceptors (Lipinski definition) is 4. The molecule has 2 atom stereocenters. The van der Waals surface area contributed by atoms with E-state index in [1.807, 2.05) is 6.07 Å². The summed E-state index contributed by atoms with van der Waals surface area (Å²) < 4.78 is 22.7. The Hall–Kier alpha value is -1.89. The number of benzene rings is 1. The summed E-state index contributed by atoms with van der Waals surface area (Å²) in [5, 5.41) is 11.7. The number of sulfone groups is 1. The van der Waals surface area contributed by atoms with Crippen molar-refractivity contribution in [3.05, 3.63) is 35.9 Å². The summed E-state index contributed by atoms with van der Waals surface area (Å²) in [4.78, 5) is 23.2. The summed E-state index contributed by atoms with van der Waals surface area (Å²) in [7, 11) is -3.03. The first-order valence-corrected chi connectivity index (χ1v) is 8.94. The SMILES string of the molecule is O=C(C[C@H]1CCS(=O)(=O)C1)N[C@@H](Cc1ccccc1)C(=O)O. The lowest BCUT2D eigenvalue weighted by molar-refractivity contribution is -0.141. The smallest absolute Gasteiger partial charge is 0.326 e. The van der Waals surface area contributed by atoms with Crippen molar-refractivity contribution in [3.63, 3.8) is 0 Å². The summed E-state index contributed by atoms with van der Waals surface area (Å²) >= 11 is 0. The van der Waals surface area contributed by atoms with Crippen LogP contribution in [0.2, 0.25) is 0 Å². The van der Waals surface area contributed by atoms with Gasteiger partial charge < -0.3 is 10.4 Å². The van der Waals surface area contributed by atoms with Crippen LogP contribution in [0.3, 0.4) is 0 Å². The topological polar surface area (TPSA) is 101 Å². The van der Waals surface area contributed by atoms with Crippen LogP contribution in [0.1, 0.15) is 18.4 Å². The number of nitrogens with one attached hydrogen (secondary N) is 1. The van der Waals surface area contributed by atoms with Crippen LogP contribution in [0.25, 0.3) is 0 Å². The van der Waals surface area contributed by atoms with Gasteiger partial charge in [0.25, 0.3) is 0 Å². The molecule has 1 aromatic rings. The first-order valence-electron chi connectivity index (χ1n) is 7.12. The Kier molecular flexibility index (Phi) is 5.18. The molecule has 1 saturated heterocycles. The zero-order valence-electron chi connectivity index (χ0n) is 12.1. The second-order valence-corrected chi connectivity index (χ2v) is 7.85. The lowest BCUT2D eigenvalue weighted by atomic mass is 10.0. The summed E-state index contributed by atoms with van der Waals surface area (Å²) in [6, 6.07) is 8.03. The third-order valence-corrected chi connectivity index (χ3v) is 5.55. The average molecular weight is 325 g/mol. The molecule has 0 aromatic heterocycles. The van der Waals surface area contributed by atoms with Crippen LogP contribution in [0.5, 0.6) is 0 Å². The molecule has 0 saturated carbocycles. The second kappa shape index (κ2) is 6.91. The van der Waals surface area contributed by atoms with Gasteiger partial charge in [-0.2, -0.15) is 0 Å². The fourth-order valence-corrected chi connectivity index (χ4v) is 4.46. The Morgan fingerprint density at radius 1 is 1.27 bits per heavy atom. The van der Waals surface area contributed by atoms with Crippen LogP contribution < -0.4 is 5.32 Å². The van der Waals surface area contributed by atoms with E-state index in [2.05, 4.69) is 5.32 Å². The van der Waals surface area contributed by atoms with Crippen molar-refractivity contribution < 1.29 is 23.1 Å². The Balaban J connectivity index is 1.91. The molecule has 1 amide bonds. The highest BCUT2D eigenvalue weighted by molar-refractivity contribution is 7.91. The Morgan fingerprint density at radius 2 is 1.95 bits per heavy atom. The van der Waals surface area contributed by atoms with Gasteiger partial charge in [-0.1, -0.05) is 30.3 Å². The van der Waals surface area contributed by atoms with Crippen molar-refractivity contribution >= 4 is 21.7 Å². The van der Waals surface area contributed by atoms with Gasteiger partial charge in [0, 0.05) is 12.8 Å². The number of carbonyl (C=O) groups is 2. The third-order valence-electron chi connectivity index (χ3n) is 3.72. The average Bonchev–Trinajstić information content (AvgIpc) is 2.78. The summed E-state index contributed by atoms with van der Waals surface area (Å²) in [5.74, 6) is -1.61. The van der Waals surface area contributed by atoms with Crippen molar-refractivity contribution in [3.8, 4) is 0 Å². The van der Waals surface area contributed by atoms with Gasteiger partial charge >= 0.3 is 5.97 Å². The van der Waals surface area contributed by atoms with Crippen LogP contribution in [-0.4, -0.2) is 42.9 Å².